The maximum Gasteiger partial charge on any atom is 0.276 e. The van der Waals surface area contributed by atoms with Crippen LogP contribution >= 0.6 is 11.6 Å². The molecular weight excluding hydrogens is 478 g/mol. The highest BCUT2D eigenvalue weighted by molar-refractivity contribution is 7.92. The molecule has 3 aromatic carbocycles. The first kappa shape index (κ1) is 25.1. The van der Waals surface area contributed by atoms with Gasteiger partial charge < -0.3 is 4.74 Å². The van der Waals surface area contributed by atoms with E-state index in [0.717, 1.165) is 5.56 Å². The number of rotatable bonds is 8. The van der Waals surface area contributed by atoms with Crippen molar-refractivity contribution < 1.29 is 22.7 Å². The molecule has 0 aliphatic rings. The molecule has 0 aliphatic heterocycles. The Kier molecular flexibility index (Phi) is 8.14. The van der Waals surface area contributed by atoms with Crippen LogP contribution in [-0.4, -0.2) is 33.4 Å². The number of para-hydroxylation sites is 2. The summed E-state index contributed by atoms with van der Waals surface area (Å²) in [4.78, 5) is 24.6. The van der Waals surface area contributed by atoms with Gasteiger partial charge in [-0.3, -0.25) is 24.7 Å². The van der Waals surface area contributed by atoms with Gasteiger partial charge in [0.25, 0.3) is 21.8 Å². The van der Waals surface area contributed by atoms with Crippen LogP contribution in [0.15, 0.2) is 77.7 Å². The number of carbonyl (C=O) groups is 2. The number of nitrogens with zero attached hydrogens (tertiary/aromatic N) is 1. The number of hydrazine groups is 1. The van der Waals surface area contributed by atoms with E-state index in [4.69, 9.17) is 16.3 Å². The lowest BCUT2D eigenvalue weighted by molar-refractivity contribution is -0.123. The standard InChI is InChI=1S/C24H24ClN3O5S/c1-3-28(18-10-5-4-6-11-18)34(31,32)19-13-14-21(25)20(15-19)24(30)27-26-23(29)16-33-22-12-8-7-9-17(22)2/h4-15H,3,16H2,1-2H3,(H,26,29)(H,27,30). The van der Waals surface area contributed by atoms with Gasteiger partial charge in [-0.05, 0) is 55.8 Å². The molecule has 8 nitrogen and oxygen atoms in total. The predicted molar refractivity (Wildman–Crippen MR) is 130 cm³/mol. The Morgan fingerprint density at radius 3 is 2.32 bits per heavy atom. The summed E-state index contributed by atoms with van der Waals surface area (Å²) in [6, 6.07) is 19.6. The van der Waals surface area contributed by atoms with Gasteiger partial charge in [-0.25, -0.2) is 8.42 Å². The molecular formula is C24H24ClN3O5S. The van der Waals surface area contributed by atoms with Crippen LogP contribution in [0.1, 0.15) is 22.8 Å². The van der Waals surface area contributed by atoms with Crippen LogP contribution in [0.2, 0.25) is 5.02 Å². The Balaban J connectivity index is 1.71. The molecule has 0 bridgehead atoms. The molecule has 0 atom stereocenters. The summed E-state index contributed by atoms with van der Waals surface area (Å²) in [7, 11) is -3.96. The van der Waals surface area contributed by atoms with Crippen LogP contribution in [0, 0.1) is 6.92 Å². The summed E-state index contributed by atoms with van der Waals surface area (Å²) in [5, 5.41) is 0.0321. The number of anilines is 1. The van der Waals surface area contributed by atoms with Crippen molar-refractivity contribution in [2.45, 2.75) is 18.7 Å². The Hall–Kier alpha value is -3.56. The molecule has 0 aliphatic carbocycles. The molecule has 0 radical (unpaired) electrons. The molecule has 0 fully saturated rings. The average Bonchev–Trinajstić information content (AvgIpc) is 2.83. The number of aryl methyl sites for hydroxylation is 1. The molecule has 3 rings (SSSR count). The Labute approximate surface area is 203 Å². The second-order valence-corrected chi connectivity index (χ2v) is 9.47. The van der Waals surface area contributed by atoms with Gasteiger partial charge >= 0.3 is 0 Å². The zero-order valence-electron chi connectivity index (χ0n) is 18.6. The number of benzene rings is 3. The summed E-state index contributed by atoms with van der Waals surface area (Å²) in [6.45, 7) is 3.42. The number of hydrogen-bond donors (Lipinski definition) is 2. The molecule has 0 spiro atoms. The maximum absolute atomic E-state index is 13.2. The average molecular weight is 502 g/mol. The topological polar surface area (TPSA) is 105 Å². The smallest absolute Gasteiger partial charge is 0.276 e. The molecule has 0 heterocycles. The highest BCUT2D eigenvalue weighted by atomic mass is 35.5. The summed E-state index contributed by atoms with van der Waals surface area (Å²) in [5.41, 5.74) is 5.72. The number of nitrogens with one attached hydrogen (secondary N) is 2. The molecule has 34 heavy (non-hydrogen) atoms. The number of sulfonamides is 1. The highest BCUT2D eigenvalue weighted by Crippen LogP contribution is 2.26. The molecule has 2 N–H and O–H groups in total. The minimum absolute atomic E-state index is 0.0321. The van der Waals surface area contributed by atoms with Gasteiger partial charge in [0.05, 0.1) is 21.2 Å². The van der Waals surface area contributed by atoms with Gasteiger partial charge in [0.2, 0.25) is 0 Å². The van der Waals surface area contributed by atoms with Crippen LogP contribution in [0.3, 0.4) is 0 Å². The minimum Gasteiger partial charge on any atom is -0.483 e. The number of carbonyl (C=O) groups excluding carboxylic acids is 2. The van der Waals surface area contributed by atoms with E-state index in [1.807, 2.05) is 19.1 Å². The van der Waals surface area contributed by atoms with Crippen molar-refractivity contribution >= 4 is 39.1 Å². The molecule has 10 heteroatoms. The lowest BCUT2D eigenvalue weighted by Crippen LogP contribution is -2.44. The van der Waals surface area contributed by atoms with Crippen molar-refractivity contribution in [3.05, 3.63) is 88.9 Å². The Morgan fingerprint density at radius 1 is 0.971 bits per heavy atom. The van der Waals surface area contributed by atoms with Gasteiger partial charge in [-0.2, -0.15) is 0 Å². The molecule has 0 aromatic heterocycles. The normalized spacial score (nSPS) is 10.9. The van der Waals surface area contributed by atoms with Gasteiger partial charge in [0, 0.05) is 6.54 Å². The number of amides is 2. The largest absolute Gasteiger partial charge is 0.483 e. The van der Waals surface area contributed by atoms with Crippen LogP contribution in [-0.2, 0) is 14.8 Å². The van der Waals surface area contributed by atoms with E-state index < -0.39 is 21.8 Å². The monoisotopic (exact) mass is 501 g/mol. The third-order valence-corrected chi connectivity index (χ3v) is 7.10. The Bertz CT molecular complexity index is 1280. The van der Waals surface area contributed by atoms with Gasteiger partial charge in [0.1, 0.15) is 5.75 Å². The number of ether oxygens (including phenoxy) is 1. The quantitative estimate of drug-likeness (QED) is 0.458. The summed E-state index contributed by atoms with van der Waals surface area (Å²) in [6.07, 6.45) is 0. The van der Waals surface area contributed by atoms with E-state index in [9.17, 15) is 18.0 Å². The third kappa shape index (κ3) is 5.86. The van der Waals surface area contributed by atoms with Crippen molar-refractivity contribution in [2.75, 3.05) is 17.5 Å². The van der Waals surface area contributed by atoms with Crippen molar-refractivity contribution in [1.29, 1.82) is 0 Å². The lowest BCUT2D eigenvalue weighted by Gasteiger charge is -2.23. The molecule has 0 saturated heterocycles. The van der Waals surface area contributed by atoms with Crippen molar-refractivity contribution in [2.24, 2.45) is 0 Å². The number of hydrogen-bond acceptors (Lipinski definition) is 5. The van der Waals surface area contributed by atoms with Gasteiger partial charge in [-0.15, -0.1) is 0 Å². The van der Waals surface area contributed by atoms with Crippen molar-refractivity contribution in [1.82, 2.24) is 10.9 Å². The van der Waals surface area contributed by atoms with Crippen LogP contribution < -0.4 is 19.9 Å². The van der Waals surface area contributed by atoms with Gasteiger partial charge in [0.15, 0.2) is 6.61 Å². The van der Waals surface area contributed by atoms with E-state index >= 15 is 0 Å². The van der Waals surface area contributed by atoms with Crippen molar-refractivity contribution in [3.63, 3.8) is 0 Å². The van der Waals surface area contributed by atoms with Crippen molar-refractivity contribution in [3.8, 4) is 5.75 Å². The zero-order valence-corrected chi connectivity index (χ0v) is 20.2. The fraction of sp³-hybridized carbons (Fsp3) is 0.167. The van der Waals surface area contributed by atoms with E-state index in [2.05, 4.69) is 10.9 Å². The SMILES string of the molecule is CCN(c1ccccc1)S(=O)(=O)c1ccc(Cl)c(C(=O)NNC(=O)COc2ccccc2C)c1. The molecule has 178 valence electrons. The molecule has 0 unspecified atom stereocenters. The first-order valence-corrected chi connectivity index (χ1v) is 12.2. The fourth-order valence-electron chi connectivity index (χ4n) is 3.14. The van der Waals surface area contributed by atoms with Crippen LogP contribution in [0.25, 0.3) is 0 Å². The molecule has 0 saturated carbocycles. The zero-order chi connectivity index (χ0) is 24.7. The number of halogens is 1. The summed E-state index contributed by atoms with van der Waals surface area (Å²) in [5.74, 6) is -0.824. The van der Waals surface area contributed by atoms with Crippen LogP contribution in [0.4, 0.5) is 5.69 Å². The van der Waals surface area contributed by atoms with E-state index in [-0.39, 0.29) is 28.6 Å². The third-order valence-electron chi connectivity index (χ3n) is 4.87. The fourth-order valence-corrected chi connectivity index (χ4v) is 4.85. The van der Waals surface area contributed by atoms with Crippen LogP contribution in [0.5, 0.6) is 5.75 Å². The second kappa shape index (κ2) is 11.0. The van der Waals surface area contributed by atoms with E-state index in [1.165, 1.54) is 22.5 Å². The first-order chi connectivity index (χ1) is 16.2. The van der Waals surface area contributed by atoms with E-state index in [1.54, 1.807) is 49.4 Å². The molecule has 2 amide bonds. The lowest BCUT2D eigenvalue weighted by atomic mass is 10.2. The summed E-state index contributed by atoms with van der Waals surface area (Å²) >= 11 is 6.14. The Morgan fingerprint density at radius 2 is 1.65 bits per heavy atom. The summed E-state index contributed by atoms with van der Waals surface area (Å²) < 4.78 is 33.1. The van der Waals surface area contributed by atoms with E-state index in [0.29, 0.717) is 11.4 Å². The minimum atomic E-state index is -3.96. The first-order valence-electron chi connectivity index (χ1n) is 10.4. The van der Waals surface area contributed by atoms with Gasteiger partial charge in [-0.1, -0.05) is 48.0 Å². The second-order valence-electron chi connectivity index (χ2n) is 7.20. The molecule has 3 aromatic rings. The predicted octanol–water partition coefficient (Wildman–Crippen LogP) is 3.70. The highest BCUT2D eigenvalue weighted by Gasteiger charge is 2.25. The maximum atomic E-state index is 13.2.